The number of nitrogens with two attached hydrogens (primary N) is 1. The fourth-order valence-corrected chi connectivity index (χ4v) is 2.54. The van der Waals surface area contributed by atoms with Gasteiger partial charge in [0.25, 0.3) is 0 Å². The molecule has 0 radical (unpaired) electrons. The first kappa shape index (κ1) is 14.2. The van der Waals surface area contributed by atoms with Gasteiger partial charge in [-0.3, -0.25) is 5.84 Å². The standard InChI is InChI=1S/C15H16BrFN2/c1-9-6-7-11(8-13(9)17)15(19-18)12-5-3-4-10(2)14(12)16/h3-8,15,19H,18H2,1-2H3. The van der Waals surface area contributed by atoms with Crippen molar-refractivity contribution >= 4 is 15.9 Å². The number of hydrazine groups is 1. The molecule has 19 heavy (non-hydrogen) atoms. The van der Waals surface area contributed by atoms with Gasteiger partial charge in [-0.1, -0.05) is 46.3 Å². The van der Waals surface area contributed by atoms with Crippen LogP contribution < -0.4 is 11.3 Å². The molecule has 0 spiro atoms. The predicted octanol–water partition coefficient (Wildman–Crippen LogP) is 3.76. The van der Waals surface area contributed by atoms with E-state index in [1.165, 1.54) is 6.07 Å². The summed E-state index contributed by atoms with van der Waals surface area (Å²) in [6.45, 7) is 3.75. The minimum atomic E-state index is -0.246. The summed E-state index contributed by atoms with van der Waals surface area (Å²) in [6.07, 6.45) is 0. The molecule has 3 N–H and O–H groups in total. The van der Waals surface area contributed by atoms with Crippen molar-refractivity contribution in [2.24, 2.45) is 5.84 Å². The van der Waals surface area contributed by atoms with Crippen molar-refractivity contribution in [3.05, 3.63) is 68.9 Å². The monoisotopic (exact) mass is 322 g/mol. The largest absolute Gasteiger partial charge is 0.271 e. The lowest BCUT2D eigenvalue weighted by atomic mass is 9.97. The maximum Gasteiger partial charge on any atom is 0.126 e. The number of aryl methyl sites for hydroxylation is 2. The van der Waals surface area contributed by atoms with E-state index in [1.807, 2.05) is 31.2 Å². The topological polar surface area (TPSA) is 38.0 Å². The number of benzene rings is 2. The lowest BCUT2D eigenvalue weighted by molar-refractivity contribution is 0.598. The first-order chi connectivity index (χ1) is 9.04. The SMILES string of the molecule is Cc1ccc(C(NN)c2cccc(C)c2Br)cc1F. The van der Waals surface area contributed by atoms with E-state index in [9.17, 15) is 4.39 Å². The lowest BCUT2D eigenvalue weighted by Gasteiger charge is -2.19. The molecule has 2 aromatic rings. The van der Waals surface area contributed by atoms with E-state index in [1.54, 1.807) is 13.0 Å². The molecule has 0 aliphatic rings. The van der Waals surface area contributed by atoms with E-state index in [2.05, 4.69) is 21.4 Å². The van der Waals surface area contributed by atoms with Crippen LogP contribution in [0.5, 0.6) is 0 Å². The van der Waals surface area contributed by atoms with E-state index in [-0.39, 0.29) is 11.9 Å². The molecule has 2 aromatic carbocycles. The second-order valence-electron chi connectivity index (χ2n) is 4.59. The van der Waals surface area contributed by atoms with Crippen molar-refractivity contribution in [2.45, 2.75) is 19.9 Å². The molecular weight excluding hydrogens is 307 g/mol. The zero-order valence-electron chi connectivity index (χ0n) is 10.9. The van der Waals surface area contributed by atoms with Crippen LogP contribution in [-0.2, 0) is 0 Å². The lowest BCUT2D eigenvalue weighted by Crippen LogP contribution is -2.29. The molecule has 0 aliphatic heterocycles. The molecule has 0 heterocycles. The highest BCUT2D eigenvalue weighted by molar-refractivity contribution is 9.10. The molecule has 0 saturated carbocycles. The van der Waals surface area contributed by atoms with Gasteiger partial charge in [0.1, 0.15) is 5.82 Å². The number of rotatable bonds is 3. The van der Waals surface area contributed by atoms with Gasteiger partial charge in [0, 0.05) is 4.47 Å². The Morgan fingerprint density at radius 1 is 1.16 bits per heavy atom. The first-order valence-electron chi connectivity index (χ1n) is 6.01. The molecule has 0 fully saturated rings. The van der Waals surface area contributed by atoms with Crippen molar-refractivity contribution in [1.29, 1.82) is 0 Å². The molecule has 0 amide bonds. The summed E-state index contributed by atoms with van der Waals surface area (Å²) in [4.78, 5) is 0. The molecule has 2 rings (SSSR count). The average molecular weight is 323 g/mol. The summed E-state index contributed by atoms with van der Waals surface area (Å²) < 4.78 is 14.7. The molecule has 0 aliphatic carbocycles. The smallest absolute Gasteiger partial charge is 0.126 e. The molecule has 2 nitrogen and oxygen atoms in total. The first-order valence-corrected chi connectivity index (χ1v) is 6.81. The van der Waals surface area contributed by atoms with Crippen LogP contribution in [0.1, 0.15) is 28.3 Å². The molecule has 1 unspecified atom stereocenters. The van der Waals surface area contributed by atoms with E-state index in [4.69, 9.17) is 5.84 Å². The summed E-state index contributed by atoms with van der Waals surface area (Å²) >= 11 is 3.56. The van der Waals surface area contributed by atoms with Crippen LogP contribution in [0.15, 0.2) is 40.9 Å². The second-order valence-corrected chi connectivity index (χ2v) is 5.38. The summed E-state index contributed by atoms with van der Waals surface area (Å²) in [5.74, 6) is 5.43. The molecule has 1 atom stereocenters. The van der Waals surface area contributed by atoms with Gasteiger partial charge in [-0.05, 0) is 42.2 Å². The number of hydrogen-bond acceptors (Lipinski definition) is 2. The predicted molar refractivity (Wildman–Crippen MR) is 79.2 cm³/mol. The molecule has 0 bridgehead atoms. The maximum absolute atomic E-state index is 13.7. The quantitative estimate of drug-likeness (QED) is 0.667. The van der Waals surface area contributed by atoms with Gasteiger partial charge in [-0.2, -0.15) is 0 Å². The van der Waals surface area contributed by atoms with Crippen LogP contribution in [0.4, 0.5) is 4.39 Å². The van der Waals surface area contributed by atoms with Gasteiger partial charge < -0.3 is 0 Å². The highest BCUT2D eigenvalue weighted by Gasteiger charge is 2.17. The Bertz CT molecular complexity index is 599. The number of hydrogen-bond donors (Lipinski definition) is 2. The molecule has 0 saturated heterocycles. The highest BCUT2D eigenvalue weighted by atomic mass is 79.9. The van der Waals surface area contributed by atoms with Crippen LogP contribution in [0.2, 0.25) is 0 Å². The van der Waals surface area contributed by atoms with Crippen LogP contribution in [0.3, 0.4) is 0 Å². The van der Waals surface area contributed by atoms with Crippen LogP contribution in [-0.4, -0.2) is 0 Å². The highest BCUT2D eigenvalue weighted by Crippen LogP contribution is 2.30. The maximum atomic E-state index is 13.7. The van der Waals surface area contributed by atoms with Crippen molar-refractivity contribution in [3.8, 4) is 0 Å². The van der Waals surface area contributed by atoms with Gasteiger partial charge in [0.15, 0.2) is 0 Å². The van der Waals surface area contributed by atoms with Crippen LogP contribution in [0, 0.1) is 19.7 Å². The third-order valence-corrected chi connectivity index (χ3v) is 4.31. The van der Waals surface area contributed by atoms with E-state index < -0.39 is 0 Å². The van der Waals surface area contributed by atoms with Crippen molar-refractivity contribution in [2.75, 3.05) is 0 Å². The number of halogens is 2. The van der Waals surface area contributed by atoms with Gasteiger partial charge in [-0.15, -0.1) is 0 Å². The molecule has 100 valence electrons. The Kier molecular flexibility index (Phi) is 4.34. The van der Waals surface area contributed by atoms with Gasteiger partial charge in [-0.25, -0.2) is 9.82 Å². The average Bonchev–Trinajstić information content (AvgIpc) is 2.39. The van der Waals surface area contributed by atoms with Gasteiger partial charge in [0.05, 0.1) is 6.04 Å². The summed E-state index contributed by atoms with van der Waals surface area (Å²) in [6, 6.07) is 10.9. The molecule has 4 heteroatoms. The van der Waals surface area contributed by atoms with Gasteiger partial charge >= 0.3 is 0 Å². The molecular formula is C15H16BrFN2. The Labute approximate surface area is 120 Å². The summed E-state index contributed by atoms with van der Waals surface area (Å²) in [5.41, 5.74) is 6.29. The second kappa shape index (κ2) is 5.82. The zero-order valence-corrected chi connectivity index (χ0v) is 12.5. The van der Waals surface area contributed by atoms with Crippen molar-refractivity contribution < 1.29 is 4.39 Å². The van der Waals surface area contributed by atoms with Crippen molar-refractivity contribution in [1.82, 2.24) is 5.43 Å². The van der Waals surface area contributed by atoms with Crippen LogP contribution >= 0.6 is 15.9 Å². The van der Waals surface area contributed by atoms with E-state index in [0.29, 0.717) is 5.56 Å². The Balaban J connectivity index is 2.50. The summed E-state index contributed by atoms with van der Waals surface area (Å²) in [7, 11) is 0. The minimum absolute atomic E-state index is 0.221. The van der Waals surface area contributed by atoms with Gasteiger partial charge in [0.2, 0.25) is 0 Å². The van der Waals surface area contributed by atoms with E-state index >= 15 is 0 Å². The molecule has 0 aromatic heterocycles. The Hall–Kier alpha value is -1.23. The normalized spacial score (nSPS) is 12.5. The summed E-state index contributed by atoms with van der Waals surface area (Å²) in [5, 5.41) is 0. The minimum Gasteiger partial charge on any atom is -0.271 e. The number of nitrogens with one attached hydrogen (secondary N) is 1. The third kappa shape index (κ3) is 2.86. The third-order valence-electron chi connectivity index (χ3n) is 3.23. The van der Waals surface area contributed by atoms with Crippen LogP contribution in [0.25, 0.3) is 0 Å². The van der Waals surface area contributed by atoms with E-state index in [0.717, 1.165) is 21.2 Å². The zero-order chi connectivity index (χ0) is 14.0. The fraction of sp³-hybridized carbons (Fsp3) is 0.200. The Morgan fingerprint density at radius 3 is 2.53 bits per heavy atom. The Morgan fingerprint density at radius 2 is 1.89 bits per heavy atom. The fourth-order valence-electron chi connectivity index (χ4n) is 2.05. The van der Waals surface area contributed by atoms with Crippen molar-refractivity contribution in [3.63, 3.8) is 0 Å².